The number of benzene rings is 1. The third kappa shape index (κ3) is 3.27. The first kappa shape index (κ1) is 15.3. The third-order valence-corrected chi connectivity index (χ3v) is 3.16. The molecule has 3 aromatic rings. The molecule has 0 spiro atoms. The Kier molecular flexibility index (Phi) is 4.01. The molecule has 0 bridgehead atoms. The van der Waals surface area contributed by atoms with E-state index in [-0.39, 0.29) is 17.3 Å². The molecule has 0 radical (unpaired) electrons. The van der Waals surface area contributed by atoms with E-state index in [4.69, 9.17) is 0 Å². The Morgan fingerprint density at radius 3 is 3.00 bits per heavy atom. The molecule has 0 saturated carbocycles. The molecule has 1 aromatic carbocycles. The number of rotatable bonds is 5. The minimum atomic E-state index is -0.727. The van der Waals surface area contributed by atoms with Crippen LogP contribution in [0.25, 0.3) is 0 Å². The fourth-order valence-electron chi connectivity index (χ4n) is 2.10. The number of carbonyl (C=O) groups excluding carboxylic acids is 1. The Labute approximate surface area is 134 Å². The number of H-pyrrole nitrogens is 1. The Morgan fingerprint density at radius 2 is 2.25 bits per heavy atom. The zero-order chi connectivity index (χ0) is 17.1. The first-order valence-corrected chi connectivity index (χ1v) is 6.80. The zero-order valence-electron chi connectivity index (χ0n) is 12.1. The van der Waals surface area contributed by atoms with Gasteiger partial charge in [-0.1, -0.05) is 12.1 Å². The van der Waals surface area contributed by atoms with Gasteiger partial charge in [0.05, 0.1) is 11.5 Å². The lowest BCUT2D eigenvalue weighted by molar-refractivity contribution is -0.385. The Hall–Kier alpha value is -3.56. The van der Waals surface area contributed by atoms with E-state index in [1.54, 1.807) is 18.3 Å². The quantitative estimate of drug-likeness (QED) is 0.547. The largest absolute Gasteiger partial charge is 0.319 e. The second-order valence-corrected chi connectivity index (χ2v) is 4.87. The maximum atomic E-state index is 13.2. The summed E-state index contributed by atoms with van der Waals surface area (Å²) in [6.07, 6.45) is 2.55. The van der Waals surface area contributed by atoms with Crippen molar-refractivity contribution in [3.05, 3.63) is 69.9 Å². The molecule has 2 aromatic heterocycles. The first-order valence-electron chi connectivity index (χ1n) is 6.80. The van der Waals surface area contributed by atoms with Crippen molar-refractivity contribution in [2.45, 2.75) is 6.54 Å². The molecular formula is C14H11FN6O3. The molecule has 2 N–H and O–H groups in total. The number of nitrogens with one attached hydrogen (secondary N) is 2. The predicted molar refractivity (Wildman–Crippen MR) is 80.9 cm³/mol. The summed E-state index contributed by atoms with van der Waals surface area (Å²) in [7, 11) is 0. The number of nitrogens with zero attached hydrogens (tertiary/aromatic N) is 4. The number of hydrogen-bond donors (Lipinski definition) is 2. The summed E-state index contributed by atoms with van der Waals surface area (Å²) >= 11 is 0. The van der Waals surface area contributed by atoms with Crippen LogP contribution in [0.15, 0.2) is 42.7 Å². The monoisotopic (exact) mass is 330 g/mol. The summed E-state index contributed by atoms with van der Waals surface area (Å²) in [4.78, 5) is 22.1. The summed E-state index contributed by atoms with van der Waals surface area (Å²) in [5.41, 5.74) is 0.0200. The van der Waals surface area contributed by atoms with E-state index in [2.05, 4.69) is 20.6 Å². The molecule has 0 unspecified atom stereocenters. The first-order chi connectivity index (χ1) is 11.5. The molecule has 0 aliphatic carbocycles. The van der Waals surface area contributed by atoms with Crippen molar-refractivity contribution >= 4 is 17.4 Å². The van der Waals surface area contributed by atoms with Gasteiger partial charge in [0.1, 0.15) is 12.0 Å². The summed E-state index contributed by atoms with van der Waals surface area (Å²) < 4.78 is 14.7. The zero-order valence-corrected chi connectivity index (χ0v) is 12.1. The van der Waals surface area contributed by atoms with E-state index in [1.165, 1.54) is 22.9 Å². The fraction of sp³-hybridized carbons (Fsp3) is 0.0714. The minimum Gasteiger partial charge on any atom is -0.304 e. The summed E-state index contributed by atoms with van der Waals surface area (Å²) in [5.74, 6) is -0.866. The molecule has 0 aliphatic rings. The van der Waals surface area contributed by atoms with E-state index in [9.17, 15) is 19.3 Å². The number of amides is 1. The number of aromatic nitrogens is 4. The average Bonchev–Trinajstić information content (AvgIpc) is 3.16. The van der Waals surface area contributed by atoms with Crippen LogP contribution in [0.1, 0.15) is 16.1 Å². The minimum absolute atomic E-state index is 0.209. The van der Waals surface area contributed by atoms with Crippen LogP contribution in [0, 0.1) is 15.9 Å². The van der Waals surface area contributed by atoms with E-state index < -0.39 is 16.5 Å². The van der Waals surface area contributed by atoms with Crippen molar-refractivity contribution in [3.63, 3.8) is 0 Å². The Morgan fingerprint density at radius 1 is 1.42 bits per heavy atom. The SMILES string of the molecule is O=C(Nc1ccn(Cc2cccc(F)c2)n1)c1[nH]ncc1[N+](=O)[O-]. The lowest BCUT2D eigenvalue weighted by atomic mass is 10.2. The number of halogens is 1. The van der Waals surface area contributed by atoms with Crippen LogP contribution in [0.5, 0.6) is 0 Å². The topological polar surface area (TPSA) is 119 Å². The summed E-state index contributed by atoms with van der Waals surface area (Å²) in [5, 5.41) is 23.1. The maximum absolute atomic E-state index is 13.2. The van der Waals surface area contributed by atoms with Gasteiger partial charge < -0.3 is 5.32 Å². The van der Waals surface area contributed by atoms with Crippen LogP contribution >= 0.6 is 0 Å². The molecule has 9 nitrogen and oxygen atoms in total. The van der Waals surface area contributed by atoms with Crippen molar-refractivity contribution in [2.75, 3.05) is 5.32 Å². The van der Waals surface area contributed by atoms with Crippen LogP contribution < -0.4 is 5.32 Å². The second-order valence-electron chi connectivity index (χ2n) is 4.87. The normalized spacial score (nSPS) is 10.5. The molecule has 3 rings (SSSR count). The highest BCUT2D eigenvalue weighted by molar-refractivity contribution is 6.04. The Bertz CT molecular complexity index is 903. The van der Waals surface area contributed by atoms with E-state index in [1.807, 2.05) is 0 Å². The second kappa shape index (κ2) is 6.28. The lowest BCUT2D eigenvalue weighted by Gasteiger charge is -2.02. The number of hydrogen-bond acceptors (Lipinski definition) is 5. The van der Waals surface area contributed by atoms with Crippen molar-refractivity contribution in [2.24, 2.45) is 0 Å². The summed E-state index contributed by atoms with van der Waals surface area (Å²) in [6.45, 7) is 0.317. The molecule has 10 heteroatoms. The van der Waals surface area contributed by atoms with Gasteiger partial charge in [-0.05, 0) is 17.7 Å². The van der Waals surface area contributed by atoms with E-state index in [0.29, 0.717) is 12.1 Å². The van der Waals surface area contributed by atoms with E-state index >= 15 is 0 Å². The molecule has 122 valence electrons. The lowest BCUT2D eigenvalue weighted by Crippen LogP contribution is -2.15. The molecule has 1 amide bonds. The van der Waals surface area contributed by atoms with Crippen molar-refractivity contribution in [1.82, 2.24) is 20.0 Å². The third-order valence-electron chi connectivity index (χ3n) is 3.16. The number of carbonyl (C=O) groups is 1. The van der Waals surface area contributed by atoms with E-state index in [0.717, 1.165) is 6.20 Å². The van der Waals surface area contributed by atoms with Crippen LogP contribution in [0.3, 0.4) is 0 Å². The number of aromatic amines is 1. The standard InChI is InChI=1S/C14H11FN6O3/c15-10-3-1-2-9(6-10)8-20-5-4-12(19-20)17-14(22)13-11(21(23)24)7-16-18-13/h1-7H,8H2,(H,16,18)(H,17,19,22). The highest BCUT2D eigenvalue weighted by Crippen LogP contribution is 2.16. The van der Waals surface area contributed by atoms with Gasteiger partial charge >= 0.3 is 5.69 Å². The maximum Gasteiger partial charge on any atom is 0.319 e. The fourth-order valence-corrected chi connectivity index (χ4v) is 2.10. The number of nitro groups is 1. The molecule has 0 aliphatic heterocycles. The molecule has 2 heterocycles. The van der Waals surface area contributed by atoms with Gasteiger partial charge in [-0.15, -0.1) is 0 Å². The van der Waals surface area contributed by atoms with Crippen molar-refractivity contribution in [3.8, 4) is 0 Å². The van der Waals surface area contributed by atoms with Crippen LogP contribution in [-0.4, -0.2) is 30.8 Å². The van der Waals surface area contributed by atoms with Gasteiger partial charge in [0.2, 0.25) is 5.69 Å². The summed E-state index contributed by atoms with van der Waals surface area (Å²) in [6, 6.07) is 7.59. The van der Waals surface area contributed by atoms with Crippen LogP contribution in [0.4, 0.5) is 15.9 Å². The Balaban J connectivity index is 1.71. The van der Waals surface area contributed by atoms with Gasteiger partial charge in [-0.3, -0.25) is 24.7 Å². The number of anilines is 1. The van der Waals surface area contributed by atoms with Gasteiger partial charge in [-0.25, -0.2) is 4.39 Å². The predicted octanol–water partition coefficient (Wildman–Crippen LogP) is 1.95. The van der Waals surface area contributed by atoms with Crippen molar-refractivity contribution in [1.29, 1.82) is 0 Å². The molecule has 0 atom stereocenters. The van der Waals surface area contributed by atoms with Crippen molar-refractivity contribution < 1.29 is 14.1 Å². The molecule has 0 fully saturated rings. The van der Waals surface area contributed by atoms with Crippen LogP contribution in [0.2, 0.25) is 0 Å². The highest BCUT2D eigenvalue weighted by Gasteiger charge is 2.23. The molecular weight excluding hydrogens is 319 g/mol. The average molecular weight is 330 g/mol. The van der Waals surface area contributed by atoms with Crippen LogP contribution in [-0.2, 0) is 6.54 Å². The highest BCUT2D eigenvalue weighted by atomic mass is 19.1. The van der Waals surface area contributed by atoms with Gasteiger partial charge in [-0.2, -0.15) is 10.2 Å². The van der Waals surface area contributed by atoms with Gasteiger partial charge in [0, 0.05) is 12.3 Å². The van der Waals surface area contributed by atoms with Gasteiger partial charge in [0.25, 0.3) is 5.91 Å². The molecule has 0 saturated heterocycles. The molecule has 24 heavy (non-hydrogen) atoms. The van der Waals surface area contributed by atoms with Gasteiger partial charge in [0.15, 0.2) is 5.82 Å². The smallest absolute Gasteiger partial charge is 0.304 e.